The number of nitrogens with zero attached hydrogens (tertiary/aromatic N) is 3. The fourth-order valence-corrected chi connectivity index (χ4v) is 1.28. The summed E-state index contributed by atoms with van der Waals surface area (Å²) in [7, 11) is 0. The molecule has 4 heteroatoms. The molecule has 0 saturated carbocycles. The Morgan fingerprint density at radius 1 is 1.64 bits per heavy atom. The van der Waals surface area contributed by atoms with Gasteiger partial charge in [-0.3, -0.25) is 4.68 Å². The topological polar surface area (TPSA) is 30.7 Å². The Morgan fingerprint density at radius 2 is 2.45 bits per heavy atom. The zero-order chi connectivity index (χ0) is 8.10. The lowest BCUT2D eigenvalue weighted by atomic mass is 10.1. The van der Waals surface area contributed by atoms with Crippen molar-refractivity contribution in [1.29, 1.82) is 0 Å². The van der Waals surface area contributed by atoms with Crippen LogP contribution in [0.1, 0.15) is 13.3 Å². The lowest BCUT2D eigenvalue weighted by molar-refractivity contribution is 0.445. The highest BCUT2D eigenvalue weighted by molar-refractivity contribution is 7.80. The number of hydrogen-bond donors (Lipinski definition) is 1. The van der Waals surface area contributed by atoms with Gasteiger partial charge in [0.25, 0.3) is 0 Å². The Hall–Kier alpha value is -0.510. The van der Waals surface area contributed by atoms with Gasteiger partial charge in [0.2, 0.25) is 0 Å². The van der Waals surface area contributed by atoms with E-state index in [0.29, 0.717) is 5.92 Å². The van der Waals surface area contributed by atoms with E-state index in [-0.39, 0.29) is 0 Å². The number of aromatic nitrogens is 3. The molecule has 0 aliphatic rings. The third-order valence-corrected chi connectivity index (χ3v) is 2.26. The molecule has 1 rings (SSSR count). The fourth-order valence-electron chi connectivity index (χ4n) is 0.907. The number of thiol groups is 1. The molecule has 1 aromatic rings. The Morgan fingerprint density at radius 3 is 2.91 bits per heavy atom. The van der Waals surface area contributed by atoms with Crippen LogP contribution in [-0.2, 0) is 6.54 Å². The van der Waals surface area contributed by atoms with Crippen molar-refractivity contribution >= 4 is 12.6 Å². The van der Waals surface area contributed by atoms with Crippen LogP contribution in [0.5, 0.6) is 0 Å². The van der Waals surface area contributed by atoms with E-state index >= 15 is 0 Å². The summed E-state index contributed by atoms with van der Waals surface area (Å²) in [6, 6.07) is 0. The number of rotatable bonds is 4. The zero-order valence-corrected chi connectivity index (χ0v) is 7.54. The van der Waals surface area contributed by atoms with E-state index < -0.39 is 0 Å². The summed E-state index contributed by atoms with van der Waals surface area (Å²) in [6.07, 6.45) is 4.45. The first-order valence-corrected chi connectivity index (χ1v) is 4.43. The quantitative estimate of drug-likeness (QED) is 0.691. The van der Waals surface area contributed by atoms with Gasteiger partial charge in [-0.15, -0.1) is 0 Å². The third-order valence-electron chi connectivity index (χ3n) is 1.75. The molecule has 1 aromatic heterocycles. The molecular formula is C7H13N3S. The molecule has 62 valence electrons. The van der Waals surface area contributed by atoms with Gasteiger partial charge in [-0.05, 0) is 11.7 Å². The van der Waals surface area contributed by atoms with Crippen LogP contribution < -0.4 is 0 Å². The molecule has 0 amide bonds. The monoisotopic (exact) mass is 171 g/mol. The molecule has 0 aliphatic carbocycles. The first-order valence-electron chi connectivity index (χ1n) is 3.80. The van der Waals surface area contributed by atoms with Gasteiger partial charge < -0.3 is 0 Å². The van der Waals surface area contributed by atoms with E-state index in [4.69, 9.17) is 0 Å². The molecule has 3 nitrogen and oxygen atoms in total. The van der Waals surface area contributed by atoms with Crippen molar-refractivity contribution in [2.24, 2.45) is 5.92 Å². The van der Waals surface area contributed by atoms with Crippen LogP contribution in [0, 0.1) is 5.92 Å². The standard InChI is InChI=1S/C7H13N3S/c1-2-7(4-11)3-10-6-8-5-9-10/h5-7,11H,2-4H2,1H3. The maximum absolute atomic E-state index is 4.25. The van der Waals surface area contributed by atoms with Crippen LogP contribution >= 0.6 is 12.6 Å². The molecule has 0 spiro atoms. The van der Waals surface area contributed by atoms with Gasteiger partial charge >= 0.3 is 0 Å². The Balaban J connectivity index is 2.41. The summed E-state index contributed by atoms with van der Waals surface area (Å²) in [5, 5.41) is 4.02. The van der Waals surface area contributed by atoms with Crippen molar-refractivity contribution in [1.82, 2.24) is 14.8 Å². The second kappa shape index (κ2) is 4.38. The van der Waals surface area contributed by atoms with E-state index in [1.165, 1.54) is 0 Å². The van der Waals surface area contributed by atoms with Crippen LogP contribution in [0.25, 0.3) is 0 Å². The van der Waals surface area contributed by atoms with Crippen molar-refractivity contribution in [3.05, 3.63) is 12.7 Å². The van der Waals surface area contributed by atoms with E-state index in [9.17, 15) is 0 Å². The average molecular weight is 171 g/mol. The van der Waals surface area contributed by atoms with Crippen LogP contribution in [-0.4, -0.2) is 20.5 Å². The highest BCUT2D eigenvalue weighted by atomic mass is 32.1. The minimum Gasteiger partial charge on any atom is -0.253 e. The summed E-state index contributed by atoms with van der Waals surface area (Å²) in [6.45, 7) is 3.10. The smallest absolute Gasteiger partial charge is 0.137 e. The summed E-state index contributed by atoms with van der Waals surface area (Å²) >= 11 is 4.25. The molecule has 0 aromatic carbocycles. The molecule has 0 aliphatic heterocycles. The van der Waals surface area contributed by atoms with Gasteiger partial charge in [0, 0.05) is 6.54 Å². The summed E-state index contributed by atoms with van der Waals surface area (Å²) in [4.78, 5) is 3.87. The molecule has 0 radical (unpaired) electrons. The largest absolute Gasteiger partial charge is 0.253 e. The summed E-state index contributed by atoms with van der Waals surface area (Å²) in [5.41, 5.74) is 0. The van der Waals surface area contributed by atoms with Gasteiger partial charge in [0.05, 0.1) is 0 Å². The molecule has 1 heterocycles. The molecule has 1 unspecified atom stereocenters. The fraction of sp³-hybridized carbons (Fsp3) is 0.714. The number of hydrogen-bond acceptors (Lipinski definition) is 3. The first kappa shape index (κ1) is 8.59. The Bertz CT molecular complexity index is 182. The van der Waals surface area contributed by atoms with E-state index in [1.54, 1.807) is 12.7 Å². The van der Waals surface area contributed by atoms with Crippen molar-refractivity contribution < 1.29 is 0 Å². The van der Waals surface area contributed by atoms with Gasteiger partial charge in [0.1, 0.15) is 12.7 Å². The molecule has 11 heavy (non-hydrogen) atoms. The zero-order valence-electron chi connectivity index (χ0n) is 6.64. The van der Waals surface area contributed by atoms with E-state index in [0.717, 1.165) is 18.7 Å². The highest BCUT2D eigenvalue weighted by Gasteiger charge is 2.04. The van der Waals surface area contributed by atoms with Crippen LogP contribution in [0.15, 0.2) is 12.7 Å². The minimum absolute atomic E-state index is 0.611. The lowest BCUT2D eigenvalue weighted by Crippen LogP contribution is -2.11. The first-order chi connectivity index (χ1) is 5.36. The Kier molecular flexibility index (Phi) is 3.42. The van der Waals surface area contributed by atoms with Crippen LogP contribution in [0.2, 0.25) is 0 Å². The van der Waals surface area contributed by atoms with Crippen molar-refractivity contribution in [3.8, 4) is 0 Å². The summed E-state index contributed by atoms with van der Waals surface area (Å²) in [5.74, 6) is 1.52. The Labute approximate surface area is 72.2 Å². The van der Waals surface area contributed by atoms with Crippen molar-refractivity contribution in [3.63, 3.8) is 0 Å². The predicted molar refractivity (Wildman–Crippen MR) is 47.7 cm³/mol. The molecule has 0 bridgehead atoms. The van der Waals surface area contributed by atoms with Crippen LogP contribution in [0.3, 0.4) is 0 Å². The lowest BCUT2D eigenvalue weighted by Gasteiger charge is -2.10. The second-order valence-corrected chi connectivity index (χ2v) is 2.94. The van der Waals surface area contributed by atoms with Crippen molar-refractivity contribution in [2.45, 2.75) is 19.9 Å². The molecular weight excluding hydrogens is 158 g/mol. The van der Waals surface area contributed by atoms with E-state index in [1.807, 2.05) is 4.68 Å². The molecule has 1 atom stereocenters. The van der Waals surface area contributed by atoms with Crippen LogP contribution in [0.4, 0.5) is 0 Å². The predicted octanol–water partition coefficient (Wildman–Crippen LogP) is 1.23. The van der Waals surface area contributed by atoms with Gasteiger partial charge in [-0.2, -0.15) is 17.7 Å². The summed E-state index contributed by atoms with van der Waals surface area (Å²) < 4.78 is 1.85. The van der Waals surface area contributed by atoms with Gasteiger partial charge in [-0.25, -0.2) is 4.98 Å². The highest BCUT2D eigenvalue weighted by Crippen LogP contribution is 2.06. The second-order valence-electron chi connectivity index (χ2n) is 2.57. The van der Waals surface area contributed by atoms with E-state index in [2.05, 4.69) is 29.6 Å². The molecule has 0 N–H and O–H groups in total. The van der Waals surface area contributed by atoms with Gasteiger partial charge in [-0.1, -0.05) is 13.3 Å². The SMILES string of the molecule is CCC(CS)Cn1cncn1. The van der Waals surface area contributed by atoms with Gasteiger partial charge in [0.15, 0.2) is 0 Å². The molecule has 0 saturated heterocycles. The average Bonchev–Trinajstić information content (AvgIpc) is 2.52. The maximum Gasteiger partial charge on any atom is 0.137 e. The maximum atomic E-state index is 4.25. The van der Waals surface area contributed by atoms with Crippen molar-refractivity contribution in [2.75, 3.05) is 5.75 Å². The minimum atomic E-state index is 0.611. The molecule has 0 fully saturated rings. The third kappa shape index (κ3) is 2.54. The normalized spacial score (nSPS) is 13.3.